The fourth-order valence-corrected chi connectivity index (χ4v) is 1.72. The van der Waals surface area contributed by atoms with Crippen molar-refractivity contribution < 1.29 is 9.53 Å². The molecule has 1 aromatic heterocycles. The van der Waals surface area contributed by atoms with Gasteiger partial charge in [0.05, 0.1) is 13.2 Å². The van der Waals surface area contributed by atoms with Crippen molar-refractivity contribution in [2.75, 3.05) is 33.4 Å². The van der Waals surface area contributed by atoms with Crippen LogP contribution in [0.1, 0.15) is 12.7 Å². The molecule has 1 unspecified atom stereocenters. The Bertz CT molecular complexity index is 378. The third-order valence-corrected chi connectivity index (χ3v) is 2.85. The summed E-state index contributed by atoms with van der Waals surface area (Å²) >= 11 is 0. The van der Waals surface area contributed by atoms with Gasteiger partial charge in [-0.3, -0.25) is 4.79 Å². The smallest absolute Gasteiger partial charge is 0.233 e. The monoisotopic (exact) mass is 268 g/mol. The highest BCUT2D eigenvalue weighted by Gasteiger charge is 2.07. The maximum absolute atomic E-state index is 11.5. The van der Waals surface area contributed by atoms with Crippen LogP contribution in [0.4, 0.5) is 0 Å². The summed E-state index contributed by atoms with van der Waals surface area (Å²) in [5.74, 6) is 1.39. The van der Waals surface area contributed by atoms with Crippen molar-refractivity contribution in [3.8, 4) is 0 Å². The van der Waals surface area contributed by atoms with Crippen molar-refractivity contribution in [3.05, 3.63) is 18.2 Å². The first-order valence-electron chi connectivity index (χ1n) is 6.57. The Labute approximate surface area is 114 Å². The zero-order chi connectivity index (χ0) is 14.1. The van der Waals surface area contributed by atoms with Gasteiger partial charge in [-0.1, -0.05) is 6.92 Å². The van der Waals surface area contributed by atoms with Gasteiger partial charge in [-0.25, -0.2) is 4.98 Å². The average Bonchev–Trinajstić information content (AvgIpc) is 2.78. The topological polar surface area (TPSA) is 68.2 Å². The van der Waals surface area contributed by atoms with Gasteiger partial charge in [0.25, 0.3) is 0 Å². The second-order valence-corrected chi connectivity index (χ2v) is 4.71. The lowest BCUT2D eigenvalue weighted by Gasteiger charge is -2.14. The molecule has 1 rings (SSSR count). The molecule has 0 radical (unpaired) electrons. The molecule has 1 atom stereocenters. The average molecular weight is 268 g/mol. The lowest BCUT2D eigenvalue weighted by atomic mass is 10.2. The van der Waals surface area contributed by atoms with Crippen molar-refractivity contribution in [1.82, 2.24) is 20.2 Å². The van der Waals surface area contributed by atoms with Crippen LogP contribution in [0.15, 0.2) is 12.4 Å². The van der Waals surface area contributed by atoms with E-state index in [1.807, 2.05) is 13.1 Å². The summed E-state index contributed by atoms with van der Waals surface area (Å²) in [5, 5.41) is 5.93. The van der Waals surface area contributed by atoms with E-state index >= 15 is 0 Å². The zero-order valence-corrected chi connectivity index (χ0v) is 12.0. The number of hydrogen-bond donors (Lipinski definition) is 2. The van der Waals surface area contributed by atoms with E-state index in [1.54, 1.807) is 13.3 Å². The van der Waals surface area contributed by atoms with Gasteiger partial charge in [0, 0.05) is 39.1 Å². The van der Waals surface area contributed by atoms with Gasteiger partial charge < -0.3 is 19.9 Å². The maximum Gasteiger partial charge on any atom is 0.233 e. The number of aromatic nitrogens is 2. The minimum absolute atomic E-state index is 0.0188. The predicted octanol–water partition coefficient (Wildman–Crippen LogP) is 0.180. The van der Waals surface area contributed by atoms with Gasteiger partial charge in [-0.2, -0.15) is 0 Å². The Morgan fingerprint density at radius 2 is 2.37 bits per heavy atom. The fourth-order valence-electron chi connectivity index (χ4n) is 1.72. The van der Waals surface area contributed by atoms with Gasteiger partial charge in [-0.05, 0) is 12.8 Å². The molecular weight excluding hydrogens is 244 g/mol. The summed E-state index contributed by atoms with van der Waals surface area (Å²) in [6.07, 6.45) is 3.75. The fraction of sp³-hybridized carbons (Fsp3) is 0.692. The molecule has 0 aromatic carbocycles. The van der Waals surface area contributed by atoms with Gasteiger partial charge in [0.2, 0.25) is 5.91 Å². The third kappa shape index (κ3) is 6.35. The molecule has 0 saturated heterocycles. The van der Waals surface area contributed by atoms with E-state index in [4.69, 9.17) is 4.74 Å². The number of ether oxygens (including phenoxy) is 1. The summed E-state index contributed by atoms with van der Waals surface area (Å²) in [7, 11) is 1.64. The molecule has 19 heavy (non-hydrogen) atoms. The lowest BCUT2D eigenvalue weighted by Crippen LogP contribution is -2.37. The van der Waals surface area contributed by atoms with E-state index in [9.17, 15) is 4.79 Å². The summed E-state index contributed by atoms with van der Waals surface area (Å²) in [4.78, 5) is 15.7. The number of amides is 1. The number of rotatable bonds is 9. The predicted molar refractivity (Wildman–Crippen MR) is 73.9 cm³/mol. The van der Waals surface area contributed by atoms with E-state index in [1.165, 1.54) is 0 Å². The number of nitrogens with one attached hydrogen (secondary N) is 2. The summed E-state index contributed by atoms with van der Waals surface area (Å²) < 4.78 is 6.98. The van der Waals surface area contributed by atoms with Crippen molar-refractivity contribution in [2.45, 2.75) is 20.4 Å². The molecule has 0 saturated carbocycles. The van der Waals surface area contributed by atoms with Crippen LogP contribution in [0.2, 0.25) is 0 Å². The molecule has 1 heterocycles. The van der Waals surface area contributed by atoms with Gasteiger partial charge in [0.1, 0.15) is 5.82 Å². The van der Waals surface area contributed by atoms with Crippen molar-refractivity contribution >= 4 is 5.91 Å². The zero-order valence-electron chi connectivity index (χ0n) is 12.0. The number of aryl methyl sites for hydroxylation is 1. The first-order valence-corrected chi connectivity index (χ1v) is 6.57. The van der Waals surface area contributed by atoms with Crippen LogP contribution in [0.3, 0.4) is 0 Å². The highest BCUT2D eigenvalue weighted by Crippen LogP contribution is 2.02. The Hall–Kier alpha value is -1.40. The number of carbonyl (C=O) groups is 1. The molecule has 0 aliphatic heterocycles. The number of methoxy groups -OCH3 is 1. The van der Waals surface area contributed by atoms with Crippen LogP contribution >= 0.6 is 0 Å². The Morgan fingerprint density at radius 3 is 3.00 bits per heavy atom. The van der Waals surface area contributed by atoms with E-state index in [-0.39, 0.29) is 5.91 Å². The van der Waals surface area contributed by atoms with Crippen LogP contribution in [-0.4, -0.2) is 48.8 Å². The highest BCUT2D eigenvalue weighted by atomic mass is 16.5. The van der Waals surface area contributed by atoms with Crippen LogP contribution in [0.25, 0.3) is 0 Å². The number of imidazole rings is 1. The minimum atomic E-state index is 0.0188. The quantitative estimate of drug-likeness (QED) is 0.627. The van der Waals surface area contributed by atoms with Gasteiger partial charge in [-0.15, -0.1) is 0 Å². The molecule has 2 N–H and O–H groups in total. The van der Waals surface area contributed by atoms with Crippen LogP contribution < -0.4 is 10.6 Å². The van der Waals surface area contributed by atoms with E-state index in [0.717, 1.165) is 12.4 Å². The van der Waals surface area contributed by atoms with E-state index < -0.39 is 0 Å². The number of nitrogens with zero attached hydrogens (tertiary/aromatic N) is 2. The lowest BCUT2D eigenvalue weighted by molar-refractivity contribution is -0.120. The Balaban J connectivity index is 2.14. The standard InChI is InChI=1S/C13H24N4O2/c1-11(10-17-6-4-15-12(17)2)8-16-13(18)9-14-5-7-19-3/h4,6,11,14H,5,7-10H2,1-3H3,(H,16,18). The first kappa shape index (κ1) is 15.7. The number of hydrogen-bond acceptors (Lipinski definition) is 4. The van der Waals surface area contributed by atoms with Crippen molar-refractivity contribution in [1.29, 1.82) is 0 Å². The van der Waals surface area contributed by atoms with Crippen LogP contribution in [0, 0.1) is 12.8 Å². The summed E-state index contributed by atoms with van der Waals surface area (Å²) in [6.45, 7) is 7.26. The molecule has 1 aromatic rings. The third-order valence-electron chi connectivity index (χ3n) is 2.85. The van der Waals surface area contributed by atoms with Gasteiger partial charge in [0.15, 0.2) is 0 Å². The van der Waals surface area contributed by atoms with Crippen molar-refractivity contribution in [2.24, 2.45) is 5.92 Å². The SMILES string of the molecule is COCCNCC(=O)NCC(C)Cn1ccnc1C. The van der Waals surface area contributed by atoms with E-state index in [2.05, 4.69) is 27.1 Å². The Morgan fingerprint density at radius 1 is 1.58 bits per heavy atom. The largest absolute Gasteiger partial charge is 0.383 e. The normalized spacial score (nSPS) is 12.4. The molecular formula is C13H24N4O2. The molecule has 0 aliphatic carbocycles. The van der Waals surface area contributed by atoms with Crippen molar-refractivity contribution in [3.63, 3.8) is 0 Å². The maximum atomic E-state index is 11.5. The van der Waals surface area contributed by atoms with Gasteiger partial charge >= 0.3 is 0 Å². The van der Waals surface area contributed by atoms with Crippen LogP contribution in [-0.2, 0) is 16.1 Å². The molecule has 0 fully saturated rings. The Kier molecular flexibility index (Phi) is 7.14. The molecule has 0 spiro atoms. The molecule has 0 aliphatic rings. The molecule has 6 nitrogen and oxygen atoms in total. The first-order chi connectivity index (χ1) is 9.13. The molecule has 0 bridgehead atoms. The molecule has 6 heteroatoms. The number of carbonyl (C=O) groups excluding carboxylic acids is 1. The second-order valence-electron chi connectivity index (χ2n) is 4.71. The molecule has 108 valence electrons. The second kappa shape index (κ2) is 8.66. The summed E-state index contributed by atoms with van der Waals surface area (Å²) in [5.41, 5.74) is 0. The minimum Gasteiger partial charge on any atom is -0.383 e. The molecule has 1 amide bonds. The van der Waals surface area contributed by atoms with Crippen LogP contribution in [0.5, 0.6) is 0 Å². The highest BCUT2D eigenvalue weighted by molar-refractivity contribution is 5.77. The summed E-state index contributed by atoms with van der Waals surface area (Å²) in [6, 6.07) is 0. The van der Waals surface area contributed by atoms with E-state index in [0.29, 0.717) is 32.2 Å².